The Morgan fingerprint density at radius 2 is 2.00 bits per heavy atom. The number of anilines is 2. The topological polar surface area (TPSA) is 69.1 Å². The highest BCUT2D eigenvalue weighted by Gasteiger charge is 2.07. The molecule has 3 nitrogen and oxygen atoms in total. The van der Waals surface area contributed by atoms with Crippen molar-refractivity contribution in [2.75, 3.05) is 11.5 Å². The molecule has 0 atom stereocenters. The standard InChI is InChI=1S/C12H12N2OS/c13-10-3-1-2-9(12(10)14)11-5-4-8(16-11)6-7-15/h1-5,7H,6,13-14H2. The van der Waals surface area contributed by atoms with Crippen LogP contribution in [0.25, 0.3) is 10.4 Å². The van der Waals surface area contributed by atoms with E-state index in [9.17, 15) is 4.79 Å². The maximum absolute atomic E-state index is 10.4. The molecule has 0 aliphatic heterocycles. The van der Waals surface area contributed by atoms with Crippen molar-refractivity contribution in [1.29, 1.82) is 0 Å². The molecule has 0 aliphatic rings. The minimum Gasteiger partial charge on any atom is -0.397 e. The van der Waals surface area contributed by atoms with Crippen molar-refractivity contribution < 1.29 is 4.79 Å². The van der Waals surface area contributed by atoms with Crippen LogP contribution in [-0.2, 0) is 11.2 Å². The van der Waals surface area contributed by atoms with Gasteiger partial charge in [0.15, 0.2) is 0 Å². The van der Waals surface area contributed by atoms with Crippen molar-refractivity contribution in [3.05, 3.63) is 35.2 Å². The predicted octanol–water partition coefficient (Wildman–Crippen LogP) is 2.32. The van der Waals surface area contributed by atoms with E-state index in [2.05, 4.69) is 0 Å². The third kappa shape index (κ3) is 1.92. The number of nitrogens with two attached hydrogens (primary N) is 2. The van der Waals surface area contributed by atoms with Gasteiger partial charge in [-0.25, -0.2) is 0 Å². The van der Waals surface area contributed by atoms with E-state index in [1.807, 2.05) is 24.3 Å². The van der Waals surface area contributed by atoms with Crippen LogP contribution in [0.1, 0.15) is 4.88 Å². The SMILES string of the molecule is Nc1cccc(-c2ccc(CC=O)s2)c1N. The van der Waals surface area contributed by atoms with E-state index in [4.69, 9.17) is 11.5 Å². The minimum absolute atomic E-state index is 0.451. The van der Waals surface area contributed by atoms with Gasteiger partial charge in [0, 0.05) is 21.7 Å². The molecule has 0 aliphatic carbocycles. The molecular formula is C12H12N2OS. The maximum Gasteiger partial charge on any atom is 0.125 e. The predicted molar refractivity (Wildman–Crippen MR) is 68.3 cm³/mol. The molecule has 0 spiro atoms. The fourth-order valence-corrected chi connectivity index (χ4v) is 2.51. The summed E-state index contributed by atoms with van der Waals surface area (Å²) in [5, 5.41) is 0. The van der Waals surface area contributed by atoms with Crippen LogP contribution in [0.5, 0.6) is 0 Å². The summed E-state index contributed by atoms with van der Waals surface area (Å²) >= 11 is 1.57. The highest BCUT2D eigenvalue weighted by Crippen LogP contribution is 2.34. The highest BCUT2D eigenvalue weighted by atomic mass is 32.1. The van der Waals surface area contributed by atoms with E-state index in [0.29, 0.717) is 17.8 Å². The van der Waals surface area contributed by atoms with Crippen LogP contribution in [0.15, 0.2) is 30.3 Å². The molecule has 1 aromatic carbocycles. The number of benzene rings is 1. The van der Waals surface area contributed by atoms with E-state index in [1.54, 1.807) is 17.4 Å². The highest BCUT2D eigenvalue weighted by molar-refractivity contribution is 7.15. The number of aldehydes is 1. The Morgan fingerprint density at radius 1 is 1.19 bits per heavy atom. The molecule has 4 N–H and O–H groups in total. The molecule has 0 radical (unpaired) electrons. The minimum atomic E-state index is 0.451. The lowest BCUT2D eigenvalue weighted by Gasteiger charge is -2.05. The molecule has 1 heterocycles. The van der Waals surface area contributed by atoms with Gasteiger partial charge in [-0.3, -0.25) is 0 Å². The van der Waals surface area contributed by atoms with E-state index < -0.39 is 0 Å². The molecule has 0 saturated heterocycles. The number of rotatable bonds is 3. The third-order valence-corrected chi connectivity index (χ3v) is 3.49. The van der Waals surface area contributed by atoms with Crippen LogP contribution in [0.2, 0.25) is 0 Å². The van der Waals surface area contributed by atoms with Crippen molar-refractivity contribution >= 4 is 29.0 Å². The van der Waals surface area contributed by atoms with Gasteiger partial charge in [-0.2, -0.15) is 0 Å². The fourth-order valence-electron chi connectivity index (χ4n) is 1.51. The first-order chi connectivity index (χ1) is 7.72. The van der Waals surface area contributed by atoms with Gasteiger partial charge in [0.1, 0.15) is 6.29 Å². The van der Waals surface area contributed by atoms with Crippen molar-refractivity contribution in [2.45, 2.75) is 6.42 Å². The van der Waals surface area contributed by atoms with Crippen molar-refractivity contribution in [2.24, 2.45) is 0 Å². The quantitative estimate of drug-likeness (QED) is 0.630. The largest absolute Gasteiger partial charge is 0.397 e. The van der Waals surface area contributed by atoms with Crippen LogP contribution in [0.4, 0.5) is 11.4 Å². The zero-order valence-corrected chi connectivity index (χ0v) is 9.46. The fraction of sp³-hybridized carbons (Fsp3) is 0.0833. The summed E-state index contributed by atoms with van der Waals surface area (Å²) in [6.07, 6.45) is 1.35. The van der Waals surface area contributed by atoms with Crippen LogP contribution in [0.3, 0.4) is 0 Å². The molecule has 0 unspecified atom stereocenters. The summed E-state index contributed by atoms with van der Waals surface area (Å²) in [6.45, 7) is 0. The van der Waals surface area contributed by atoms with Gasteiger partial charge in [-0.05, 0) is 18.2 Å². The van der Waals surface area contributed by atoms with Crippen molar-refractivity contribution in [3.63, 3.8) is 0 Å². The second kappa shape index (κ2) is 4.37. The second-order valence-corrected chi connectivity index (χ2v) is 4.61. The number of hydrogen-bond acceptors (Lipinski definition) is 4. The van der Waals surface area contributed by atoms with Crippen molar-refractivity contribution in [1.82, 2.24) is 0 Å². The summed E-state index contributed by atoms with van der Waals surface area (Å²) in [7, 11) is 0. The molecule has 82 valence electrons. The Hall–Kier alpha value is -1.81. The Bertz CT molecular complexity index is 519. The van der Waals surface area contributed by atoms with E-state index in [-0.39, 0.29) is 0 Å². The molecule has 4 heteroatoms. The van der Waals surface area contributed by atoms with Crippen molar-refractivity contribution in [3.8, 4) is 10.4 Å². The molecular weight excluding hydrogens is 220 g/mol. The van der Waals surface area contributed by atoms with Gasteiger partial charge < -0.3 is 16.3 Å². The lowest BCUT2D eigenvalue weighted by atomic mass is 10.1. The van der Waals surface area contributed by atoms with Crippen LogP contribution in [-0.4, -0.2) is 6.29 Å². The first-order valence-electron chi connectivity index (χ1n) is 4.89. The number of para-hydroxylation sites is 1. The molecule has 0 bridgehead atoms. The van der Waals surface area contributed by atoms with Gasteiger partial charge in [0.2, 0.25) is 0 Å². The van der Waals surface area contributed by atoms with Gasteiger partial charge in [0.05, 0.1) is 11.4 Å². The summed E-state index contributed by atoms with van der Waals surface area (Å²) in [5.41, 5.74) is 13.8. The molecule has 1 aromatic heterocycles. The van der Waals surface area contributed by atoms with Gasteiger partial charge >= 0.3 is 0 Å². The average Bonchev–Trinajstić information content (AvgIpc) is 2.71. The Labute approximate surface area is 97.7 Å². The number of thiophene rings is 1. The van der Waals surface area contributed by atoms with Gasteiger partial charge in [-0.15, -0.1) is 11.3 Å². The monoisotopic (exact) mass is 232 g/mol. The molecule has 0 amide bonds. The first-order valence-corrected chi connectivity index (χ1v) is 5.70. The van der Waals surface area contributed by atoms with Crippen LogP contribution in [0, 0.1) is 0 Å². The van der Waals surface area contributed by atoms with Crippen LogP contribution >= 0.6 is 11.3 Å². The lowest BCUT2D eigenvalue weighted by molar-refractivity contribution is -0.107. The number of nitrogen functional groups attached to an aromatic ring is 2. The van der Waals surface area contributed by atoms with Gasteiger partial charge in [0.25, 0.3) is 0 Å². The Kier molecular flexibility index (Phi) is 2.92. The molecule has 16 heavy (non-hydrogen) atoms. The number of carbonyl (C=O) groups is 1. The maximum atomic E-state index is 10.4. The normalized spacial score (nSPS) is 10.2. The first kappa shape index (κ1) is 10.7. The Morgan fingerprint density at radius 3 is 2.75 bits per heavy atom. The van der Waals surface area contributed by atoms with Crippen LogP contribution < -0.4 is 11.5 Å². The lowest BCUT2D eigenvalue weighted by Crippen LogP contribution is -1.95. The van der Waals surface area contributed by atoms with E-state index >= 15 is 0 Å². The molecule has 2 rings (SSSR count). The Balaban J connectivity index is 2.42. The smallest absolute Gasteiger partial charge is 0.125 e. The molecule has 0 saturated carbocycles. The second-order valence-electron chi connectivity index (χ2n) is 3.45. The summed E-state index contributed by atoms with van der Waals surface area (Å²) in [4.78, 5) is 12.5. The number of carbonyl (C=O) groups excluding carboxylic acids is 1. The summed E-state index contributed by atoms with van der Waals surface area (Å²) < 4.78 is 0. The molecule has 0 fully saturated rings. The number of hydrogen-bond donors (Lipinski definition) is 2. The third-order valence-electron chi connectivity index (χ3n) is 2.35. The van der Waals surface area contributed by atoms with E-state index in [1.165, 1.54) is 0 Å². The van der Waals surface area contributed by atoms with E-state index in [0.717, 1.165) is 21.6 Å². The zero-order valence-electron chi connectivity index (χ0n) is 8.64. The van der Waals surface area contributed by atoms with Gasteiger partial charge in [-0.1, -0.05) is 12.1 Å². The molecule has 2 aromatic rings. The summed E-state index contributed by atoms with van der Waals surface area (Å²) in [5.74, 6) is 0. The summed E-state index contributed by atoms with van der Waals surface area (Å²) in [6, 6.07) is 9.49. The zero-order chi connectivity index (χ0) is 11.5. The average molecular weight is 232 g/mol.